The second kappa shape index (κ2) is 7.00. The second-order valence-corrected chi connectivity index (χ2v) is 6.07. The lowest BCUT2D eigenvalue weighted by Crippen LogP contribution is -2.12. The molecule has 2 heterocycles. The zero-order chi connectivity index (χ0) is 20.5. The third kappa shape index (κ3) is 3.46. The Labute approximate surface area is 162 Å². The first-order valence-electron chi connectivity index (χ1n) is 8.32. The third-order valence-corrected chi connectivity index (χ3v) is 4.19. The number of nitrogens with one attached hydrogen (secondary N) is 1. The van der Waals surface area contributed by atoms with Gasteiger partial charge in [0.1, 0.15) is 17.2 Å². The molecule has 0 spiro atoms. The van der Waals surface area contributed by atoms with Gasteiger partial charge in [-0.25, -0.2) is 14.4 Å². The molecule has 0 bridgehead atoms. The maximum atomic E-state index is 12.9. The van der Waals surface area contributed by atoms with Gasteiger partial charge in [0, 0.05) is 29.5 Å². The van der Waals surface area contributed by atoms with Gasteiger partial charge in [-0.2, -0.15) is 4.73 Å². The molecule has 0 fully saturated rings. The molecule has 2 N–H and O–H groups in total. The molecule has 2 aromatic heterocycles. The van der Waals surface area contributed by atoms with E-state index < -0.39 is 16.6 Å². The van der Waals surface area contributed by atoms with E-state index in [2.05, 4.69) is 15.3 Å². The zero-order valence-electron chi connectivity index (χ0n) is 14.6. The Morgan fingerprint density at radius 3 is 2.55 bits per heavy atom. The lowest BCUT2D eigenvalue weighted by atomic mass is 10.2. The van der Waals surface area contributed by atoms with E-state index in [0.717, 1.165) is 4.73 Å². The predicted molar refractivity (Wildman–Crippen MR) is 101 cm³/mol. The van der Waals surface area contributed by atoms with Crippen LogP contribution in [0.15, 0.2) is 60.8 Å². The number of fused-ring (bicyclic) bond motifs is 1. The molecule has 0 saturated carbocycles. The summed E-state index contributed by atoms with van der Waals surface area (Å²) < 4.78 is 13.7. The summed E-state index contributed by atoms with van der Waals surface area (Å²) in [5, 5.41) is 23.8. The van der Waals surface area contributed by atoms with Crippen LogP contribution in [0.1, 0.15) is 10.4 Å². The SMILES string of the molecule is O=C(Nc1ccc(-c2nc3ccc([N+](=O)[O-])cc3n2O)cn1)c1ccc(F)cc1. The summed E-state index contributed by atoms with van der Waals surface area (Å²) in [4.78, 5) is 30.9. The highest BCUT2D eigenvalue weighted by molar-refractivity contribution is 6.03. The highest BCUT2D eigenvalue weighted by Gasteiger charge is 2.16. The molecule has 10 heteroatoms. The number of nitro benzene ring substituents is 1. The van der Waals surface area contributed by atoms with E-state index in [9.17, 15) is 24.5 Å². The monoisotopic (exact) mass is 393 g/mol. The Hall–Kier alpha value is -4.34. The topological polar surface area (TPSA) is 123 Å². The average Bonchev–Trinajstić information content (AvgIpc) is 3.05. The average molecular weight is 393 g/mol. The molecule has 0 radical (unpaired) electrons. The van der Waals surface area contributed by atoms with Crippen LogP contribution in [0.3, 0.4) is 0 Å². The normalized spacial score (nSPS) is 10.8. The number of amides is 1. The first-order valence-corrected chi connectivity index (χ1v) is 8.32. The minimum Gasteiger partial charge on any atom is -0.426 e. The molecule has 4 aromatic rings. The van der Waals surface area contributed by atoms with Crippen LogP contribution in [0.5, 0.6) is 0 Å². The molecule has 0 saturated heterocycles. The number of carbonyl (C=O) groups excluding carboxylic acids is 1. The highest BCUT2D eigenvalue weighted by Crippen LogP contribution is 2.26. The lowest BCUT2D eigenvalue weighted by molar-refractivity contribution is -0.384. The number of halogens is 1. The predicted octanol–water partition coefficient (Wildman–Crippen LogP) is 3.64. The largest absolute Gasteiger partial charge is 0.426 e. The number of non-ortho nitro benzene ring substituents is 1. The van der Waals surface area contributed by atoms with E-state index in [1.165, 1.54) is 54.7 Å². The van der Waals surface area contributed by atoms with Crippen LogP contribution < -0.4 is 5.32 Å². The Kier molecular flexibility index (Phi) is 4.36. The van der Waals surface area contributed by atoms with Crippen molar-refractivity contribution >= 4 is 28.4 Å². The number of rotatable bonds is 4. The summed E-state index contributed by atoms with van der Waals surface area (Å²) in [5.74, 6) is -0.503. The Morgan fingerprint density at radius 2 is 1.90 bits per heavy atom. The van der Waals surface area contributed by atoms with Gasteiger partial charge in [0.15, 0.2) is 5.82 Å². The van der Waals surface area contributed by atoms with Crippen molar-refractivity contribution in [2.24, 2.45) is 0 Å². The van der Waals surface area contributed by atoms with Crippen LogP contribution in [-0.2, 0) is 0 Å². The molecule has 29 heavy (non-hydrogen) atoms. The van der Waals surface area contributed by atoms with Crippen molar-refractivity contribution in [2.45, 2.75) is 0 Å². The number of anilines is 1. The van der Waals surface area contributed by atoms with Crippen LogP contribution >= 0.6 is 0 Å². The summed E-state index contributed by atoms with van der Waals surface area (Å²) in [7, 11) is 0. The first kappa shape index (κ1) is 18.0. The molecule has 1 amide bonds. The van der Waals surface area contributed by atoms with E-state index in [0.29, 0.717) is 11.1 Å². The summed E-state index contributed by atoms with van der Waals surface area (Å²) in [6.45, 7) is 0. The van der Waals surface area contributed by atoms with Crippen molar-refractivity contribution in [3.8, 4) is 11.4 Å². The van der Waals surface area contributed by atoms with Crippen LogP contribution in [0.4, 0.5) is 15.9 Å². The lowest BCUT2D eigenvalue weighted by Gasteiger charge is -2.06. The van der Waals surface area contributed by atoms with Gasteiger partial charge in [0.2, 0.25) is 0 Å². The Balaban J connectivity index is 1.59. The fraction of sp³-hybridized carbons (Fsp3) is 0. The Morgan fingerprint density at radius 1 is 1.14 bits per heavy atom. The minimum atomic E-state index is -0.563. The summed E-state index contributed by atoms with van der Waals surface area (Å²) >= 11 is 0. The molecule has 9 nitrogen and oxygen atoms in total. The number of imidazole rings is 1. The van der Waals surface area contributed by atoms with Crippen molar-refractivity contribution in [3.05, 3.63) is 82.3 Å². The van der Waals surface area contributed by atoms with Crippen LogP contribution in [0.25, 0.3) is 22.4 Å². The van der Waals surface area contributed by atoms with Crippen LogP contribution in [0.2, 0.25) is 0 Å². The van der Waals surface area contributed by atoms with Gasteiger partial charge in [-0.05, 0) is 42.5 Å². The number of nitro groups is 1. The molecular weight excluding hydrogens is 381 g/mol. The van der Waals surface area contributed by atoms with Gasteiger partial charge in [-0.3, -0.25) is 14.9 Å². The maximum Gasteiger partial charge on any atom is 0.271 e. The number of hydrogen-bond donors (Lipinski definition) is 2. The minimum absolute atomic E-state index is 0.143. The fourth-order valence-corrected chi connectivity index (χ4v) is 2.74. The number of benzene rings is 2. The van der Waals surface area contributed by atoms with Crippen molar-refractivity contribution in [3.63, 3.8) is 0 Å². The van der Waals surface area contributed by atoms with Gasteiger partial charge in [-0.15, -0.1) is 0 Å². The molecule has 0 aliphatic carbocycles. The van der Waals surface area contributed by atoms with Crippen molar-refractivity contribution in [1.82, 2.24) is 14.7 Å². The van der Waals surface area contributed by atoms with Crippen LogP contribution in [0, 0.1) is 15.9 Å². The first-order chi connectivity index (χ1) is 13.9. The standard InChI is InChI=1S/C19H12FN5O4/c20-13-4-1-11(2-5-13)19(26)23-17-8-3-12(10-21-17)18-22-15-7-6-14(25(28)29)9-16(15)24(18)27/h1-10,27H,(H,21,23,26). The van der Waals surface area contributed by atoms with Crippen LogP contribution in [-0.4, -0.2) is 30.7 Å². The second-order valence-electron chi connectivity index (χ2n) is 6.07. The zero-order valence-corrected chi connectivity index (χ0v) is 14.6. The summed E-state index contributed by atoms with van der Waals surface area (Å²) in [5.41, 5.74) is 1.10. The third-order valence-electron chi connectivity index (χ3n) is 4.19. The molecule has 0 unspecified atom stereocenters. The summed E-state index contributed by atoms with van der Waals surface area (Å²) in [6.07, 6.45) is 1.39. The number of carbonyl (C=O) groups is 1. The molecule has 0 aliphatic rings. The quantitative estimate of drug-likeness (QED) is 0.310. The highest BCUT2D eigenvalue weighted by atomic mass is 19.1. The molecule has 4 rings (SSSR count). The Bertz CT molecular complexity index is 1240. The van der Waals surface area contributed by atoms with E-state index in [-0.39, 0.29) is 28.4 Å². The van der Waals surface area contributed by atoms with E-state index in [4.69, 9.17) is 0 Å². The smallest absolute Gasteiger partial charge is 0.271 e. The fourth-order valence-electron chi connectivity index (χ4n) is 2.74. The molecule has 0 atom stereocenters. The van der Waals surface area contributed by atoms with Crippen molar-refractivity contribution in [1.29, 1.82) is 0 Å². The number of pyridine rings is 1. The van der Waals surface area contributed by atoms with Gasteiger partial charge >= 0.3 is 0 Å². The van der Waals surface area contributed by atoms with Crippen molar-refractivity contribution in [2.75, 3.05) is 5.32 Å². The number of aromatic nitrogens is 3. The molecule has 144 valence electrons. The molecule has 0 aliphatic heterocycles. The van der Waals surface area contributed by atoms with E-state index in [1.54, 1.807) is 6.07 Å². The molecular formula is C19H12FN5O4. The number of nitrogens with zero attached hydrogens (tertiary/aromatic N) is 4. The van der Waals surface area contributed by atoms with Gasteiger partial charge in [0.25, 0.3) is 11.6 Å². The van der Waals surface area contributed by atoms with E-state index >= 15 is 0 Å². The van der Waals surface area contributed by atoms with Gasteiger partial charge < -0.3 is 10.5 Å². The van der Waals surface area contributed by atoms with Gasteiger partial charge in [0.05, 0.1) is 10.4 Å². The van der Waals surface area contributed by atoms with E-state index in [1.807, 2.05) is 0 Å². The van der Waals surface area contributed by atoms with Crippen molar-refractivity contribution < 1.29 is 19.3 Å². The number of hydrogen-bond acceptors (Lipinski definition) is 6. The summed E-state index contributed by atoms with van der Waals surface area (Å²) in [6, 6.07) is 12.1. The maximum absolute atomic E-state index is 12.9. The van der Waals surface area contributed by atoms with Gasteiger partial charge in [-0.1, -0.05) is 0 Å². The molecule has 2 aromatic carbocycles.